The summed E-state index contributed by atoms with van der Waals surface area (Å²) in [5.41, 5.74) is 1.67. The Labute approximate surface area is 123 Å². The van der Waals surface area contributed by atoms with E-state index in [1.807, 2.05) is 24.3 Å². The first kappa shape index (κ1) is 13.0. The van der Waals surface area contributed by atoms with Gasteiger partial charge < -0.3 is 9.72 Å². The molecule has 0 fully saturated rings. The number of imidazole rings is 1. The van der Waals surface area contributed by atoms with Gasteiger partial charge in [0.25, 0.3) is 0 Å². The van der Waals surface area contributed by atoms with Crippen LogP contribution < -0.4 is 5.32 Å². The summed E-state index contributed by atoms with van der Waals surface area (Å²) < 4.78 is 5.76. The van der Waals surface area contributed by atoms with Crippen LogP contribution in [0.5, 0.6) is 0 Å². The van der Waals surface area contributed by atoms with Gasteiger partial charge in [-0.25, -0.2) is 9.78 Å². The van der Waals surface area contributed by atoms with Gasteiger partial charge in [-0.2, -0.15) is 0 Å². The quantitative estimate of drug-likeness (QED) is 0.768. The van der Waals surface area contributed by atoms with Gasteiger partial charge in [-0.05, 0) is 29.6 Å². The van der Waals surface area contributed by atoms with Crippen molar-refractivity contribution >= 4 is 46.2 Å². The number of thiophene rings is 1. The van der Waals surface area contributed by atoms with E-state index >= 15 is 0 Å². The van der Waals surface area contributed by atoms with Crippen molar-refractivity contribution in [2.75, 3.05) is 12.4 Å². The molecule has 20 heavy (non-hydrogen) atoms. The summed E-state index contributed by atoms with van der Waals surface area (Å²) >= 11 is 3.40. The fourth-order valence-corrected chi connectivity index (χ4v) is 3.48. The zero-order chi connectivity index (χ0) is 13.9. The van der Waals surface area contributed by atoms with Crippen LogP contribution in [0.3, 0.4) is 0 Å². The second-order valence-electron chi connectivity index (χ2n) is 3.92. The zero-order valence-electron chi connectivity index (χ0n) is 10.5. The lowest BCUT2D eigenvalue weighted by atomic mass is 10.3. The van der Waals surface area contributed by atoms with E-state index in [1.165, 1.54) is 11.3 Å². The van der Waals surface area contributed by atoms with E-state index in [0.29, 0.717) is 5.95 Å². The Morgan fingerprint density at radius 1 is 1.45 bits per heavy atom. The van der Waals surface area contributed by atoms with E-state index in [2.05, 4.69) is 31.5 Å². The molecule has 2 aromatic heterocycles. The van der Waals surface area contributed by atoms with Gasteiger partial charge in [0.05, 0.1) is 22.4 Å². The Morgan fingerprint density at radius 2 is 2.35 bits per heavy atom. The molecule has 0 aliphatic heterocycles. The average molecular weight is 305 g/mol. The molecule has 0 unspecified atom stereocenters. The van der Waals surface area contributed by atoms with Crippen LogP contribution in [0.4, 0.5) is 10.7 Å². The highest BCUT2D eigenvalue weighted by Gasteiger charge is 2.07. The van der Waals surface area contributed by atoms with E-state index in [1.54, 1.807) is 23.1 Å². The van der Waals surface area contributed by atoms with Gasteiger partial charge in [0.1, 0.15) is 0 Å². The van der Waals surface area contributed by atoms with Gasteiger partial charge in [-0.3, -0.25) is 5.32 Å². The van der Waals surface area contributed by atoms with Crippen molar-refractivity contribution in [2.24, 2.45) is 0 Å². The van der Waals surface area contributed by atoms with Gasteiger partial charge in [-0.1, -0.05) is 17.8 Å². The fourth-order valence-electron chi connectivity index (χ4n) is 1.70. The molecular weight excluding hydrogens is 294 g/mol. The summed E-state index contributed by atoms with van der Waals surface area (Å²) in [6.45, 7) is 0. The summed E-state index contributed by atoms with van der Waals surface area (Å²) in [5.74, 6) is 0.380. The molecule has 3 rings (SSSR count). The number of H-pyrrole nitrogens is 1. The van der Waals surface area contributed by atoms with Crippen LogP contribution in [0.1, 0.15) is 0 Å². The van der Waals surface area contributed by atoms with Crippen molar-refractivity contribution in [3.8, 4) is 0 Å². The maximum absolute atomic E-state index is 11.1. The lowest BCUT2D eigenvalue weighted by Gasteiger charge is -1.98. The highest BCUT2D eigenvalue weighted by Crippen LogP contribution is 2.32. The molecule has 7 heteroatoms. The molecule has 2 N–H and O–H groups in total. The van der Waals surface area contributed by atoms with E-state index in [4.69, 9.17) is 0 Å². The number of hydrogen-bond donors (Lipinski definition) is 2. The molecule has 0 saturated carbocycles. The van der Waals surface area contributed by atoms with Crippen LogP contribution in [-0.2, 0) is 4.74 Å². The lowest BCUT2D eigenvalue weighted by molar-refractivity contribution is 0.186. The van der Waals surface area contributed by atoms with Crippen LogP contribution in [-0.4, -0.2) is 23.2 Å². The van der Waals surface area contributed by atoms with Crippen LogP contribution >= 0.6 is 23.1 Å². The van der Waals surface area contributed by atoms with Gasteiger partial charge in [-0.15, -0.1) is 11.3 Å². The summed E-state index contributed by atoms with van der Waals surface area (Å²) in [7, 11) is 1.31. The number of carbonyl (C=O) groups is 1. The van der Waals surface area contributed by atoms with Crippen LogP contribution in [0.15, 0.2) is 44.8 Å². The number of anilines is 1. The van der Waals surface area contributed by atoms with Crippen molar-refractivity contribution in [1.29, 1.82) is 0 Å². The number of ether oxygens (including phenoxy) is 1. The van der Waals surface area contributed by atoms with E-state index < -0.39 is 6.09 Å². The predicted molar refractivity (Wildman–Crippen MR) is 80.6 cm³/mol. The molecule has 0 aliphatic rings. The van der Waals surface area contributed by atoms with Crippen molar-refractivity contribution in [1.82, 2.24) is 9.97 Å². The summed E-state index contributed by atoms with van der Waals surface area (Å²) in [6.07, 6.45) is -0.544. The second-order valence-corrected chi connectivity index (χ2v) is 6.24. The second kappa shape index (κ2) is 5.56. The molecule has 0 aliphatic carbocycles. The van der Waals surface area contributed by atoms with Gasteiger partial charge in [0, 0.05) is 4.90 Å². The molecular formula is C13H11N3O2S2. The first-order valence-corrected chi connectivity index (χ1v) is 7.50. The number of aromatic amines is 1. The minimum Gasteiger partial charge on any atom is -0.453 e. The maximum Gasteiger partial charge on any atom is 0.413 e. The first-order chi connectivity index (χ1) is 9.74. The van der Waals surface area contributed by atoms with E-state index in [0.717, 1.165) is 15.9 Å². The number of amides is 1. The largest absolute Gasteiger partial charge is 0.453 e. The highest BCUT2D eigenvalue weighted by molar-refractivity contribution is 8.01. The topological polar surface area (TPSA) is 67.0 Å². The minimum atomic E-state index is -0.544. The normalized spacial score (nSPS) is 10.7. The number of rotatable bonds is 3. The molecule has 3 aromatic rings. The number of benzene rings is 1. The maximum atomic E-state index is 11.1. The molecule has 0 radical (unpaired) electrons. The number of aromatic nitrogens is 2. The Hall–Kier alpha value is -1.99. The molecule has 0 spiro atoms. The number of nitrogens with zero attached hydrogens (tertiary/aromatic N) is 1. The third kappa shape index (κ3) is 2.78. The van der Waals surface area contributed by atoms with Crippen molar-refractivity contribution in [3.63, 3.8) is 0 Å². The average Bonchev–Trinajstić information content (AvgIpc) is 3.07. The van der Waals surface area contributed by atoms with E-state index in [-0.39, 0.29) is 0 Å². The number of carbonyl (C=O) groups excluding carboxylic acids is 1. The number of nitrogens with one attached hydrogen (secondary N) is 2. The first-order valence-electron chi connectivity index (χ1n) is 5.81. The van der Waals surface area contributed by atoms with Crippen LogP contribution in [0.25, 0.3) is 11.0 Å². The fraction of sp³-hybridized carbons (Fsp3) is 0.0769. The van der Waals surface area contributed by atoms with Gasteiger partial charge >= 0.3 is 6.09 Å². The molecule has 2 heterocycles. The van der Waals surface area contributed by atoms with E-state index in [9.17, 15) is 4.79 Å². The number of methoxy groups -OCH3 is 1. The molecule has 0 saturated heterocycles. The SMILES string of the molecule is COC(=O)Nc1nc2ccc(Sc3cccs3)cc2[nH]1. The summed E-state index contributed by atoms with van der Waals surface area (Å²) in [6, 6.07) is 10.0. The summed E-state index contributed by atoms with van der Waals surface area (Å²) in [5, 5.41) is 4.56. The molecule has 1 aromatic carbocycles. The van der Waals surface area contributed by atoms with Crippen molar-refractivity contribution < 1.29 is 9.53 Å². The molecule has 5 nitrogen and oxygen atoms in total. The van der Waals surface area contributed by atoms with Crippen LogP contribution in [0, 0.1) is 0 Å². The Kier molecular flexibility index (Phi) is 3.62. The smallest absolute Gasteiger partial charge is 0.413 e. The lowest BCUT2D eigenvalue weighted by Crippen LogP contribution is -2.11. The molecule has 0 bridgehead atoms. The number of hydrogen-bond acceptors (Lipinski definition) is 5. The zero-order valence-corrected chi connectivity index (χ0v) is 12.2. The van der Waals surface area contributed by atoms with Gasteiger partial charge in [0.15, 0.2) is 0 Å². The van der Waals surface area contributed by atoms with Crippen molar-refractivity contribution in [2.45, 2.75) is 9.10 Å². The molecule has 0 atom stereocenters. The Bertz CT molecular complexity index is 737. The van der Waals surface area contributed by atoms with Crippen molar-refractivity contribution in [3.05, 3.63) is 35.7 Å². The Balaban J connectivity index is 1.85. The third-order valence-corrected chi connectivity index (χ3v) is 4.60. The standard InChI is InChI=1S/C13H11N3O2S2/c1-18-13(17)16-12-14-9-5-4-8(7-10(9)15-12)20-11-3-2-6-19-11/h2-7H,1H3,(H2,14,15,16,17). The predicted octanol–water partition coefficient (Wildman–Crippen LogP) is 3.95. The Morgan fingerprint density at radius 3 is 3.10 bits per heavy atom. The highest BCUT2D eigenvalue weighted by atomic mass is 32.2. The third-order valence-electron chi connectivity index (χ3n) is 2.57. The summed E-state index contributed by atoms with van der Waals surface area (Å²) in [4.78, 5) is 19.6. The minimum absolute atomic E-state index is 0.380. The number of fused-ring (bicyclic) bond motifs is 1. The molecule has 1 amide bonds. The van der Waals surface area contributed by atoms with Gasteiger partial charge in [0.2, 0.25) is 5.95 Å². The monoisotopic (exact) mass is 305 g/mol. The molecule has 102 valence electrons. The van der Waals surface area contributed by atoms with Crippen LogP contribution in [0.2, 0.25) is 0 Å².